The molecule has 2 amide bonds. The van der Waals surface area contributed by atoms with Crippen LogP contribution in [0.4, 0.5) is 5.69 Å². The van der Waals surface area contributed by atoms with E-state index in [1.54, 1.807) is 7.11 Å². The first-order valence-corrected chi connectivity index (χ1v) is 15.4. The first kappa shape index (κ1) is 29.8. The van der Waals surface area contributed by atoms with E-state index >= 15 is 0 Å². The molecule has 1 aromatic heterocycles. The van der Waals surface area contributed by atoms with Gasteiger partial charge in [0.15, 0.2) is 0 Å². The Labute approximate surface area is 250 Å². The third-order valence-electron chi connectivity index (χ3n) is 8.58. The van der Waals surface area contributed by atoms with Crippen LogP contribution in [-0.2, 0) is 24.3 Å². The highest BCUT2D eigenvalue weighted by molar-refractivity contribution is 5.97. The number of ether oxygens (including phenoxy) is 1. The van der Waals surface area contributed by atoms with Gasteiger partial charge in [-0.15, -0.1) is 0 Å². The van der Waals surface area contributed by atoms with Crippen LogP contribution >= 0.6 is 0 Å². The highest BCUT2D eigenvalue weighted by Crippen LogP contribution is 2.41. The summed E-state index contributed by atoms with van der Waals surface area (Å²) in [7, 11) is 1.64. The number of methoxy groups -OCH3 is 1. The summed E-state index contributed by atoms with van der Waals surface area (Å²) in [6, 6.07) is 14.2. The van der Waals surface area contributed by atoms with Gasteiger partial charge in [-0.05, 0) is 75.8 Å². The van der Waals surface area contributed by atoms with Crippen molar-refractivity contribution in [1.82, 2.24) is 19.6 Å². The van der Waals surface area contributed by atoms with E-state index in [1.807, 2.05) is 51.0 Å². The fourth-order valence-electron chi connectivity index (χ4n) is 5.97. The normalized spacial score (nSPS) is 16.7. The monoisotopic (exact) mass is 571 g/mol. The van der Waals surface area contributed by atoms with Crippen molar-refractivity contribution in [1.29, 1.82) is 0 Å². The molecule has 1 aliphatic heterocycles. The van der Waals surface area contributed by atoms with Gasteiger partial charge in [0, 0.05) is 57.4 Å². The Balaban J connectivity index is 1.50. The maximum Gasteiger partial charge on any atom is 0.257 e. The number of aromatic nitrogens is 2. The van der Waals surface area contributed by atoms with Crippen molar-refractivity contribution >= 4 is 17.5 Å². The molecule has 8 heteroatoms. The quantitative estimate of drug-likeness (QED) is 0.378. The van der Waals surface area contributed by atoms with E-state index in [2.05, 4.69) is 44.7 Å². The molecule has 2 heterocycles. The summed E-state index contributed by atoms with van der Waals surface area (Å²) in [6.45, 7) is 12.6. The minimum Gasteiger partial charge on any atom is -0.497 e. The van der Waals surface area contributed by atoms with Gasteiger partial charge in [0.1, 0.15) is 5.75 Å². The smallest absolute Gasteiger partial charge is 0.257 e. The van der Waals surface area contributed by atoms with Crippen LogP contribution in [-0.4, -0.2) is 70.7 Å². The van der Waals surface area contributed by atoms with E-state index in [1.165, 1.54) is 0 Å². The number of rotatable bonds is 7. The molecule has 8 nitrogen and oxygen atoms in total. The number of hydrogen-bond donors (Lipinski definition) is 0. The van der Waals surface area contributed by atoms with E-state index < -0.39 is 0 Å². The number of carbonyl (C=O) groups is 2. The van der Waals surface area contributed by atoms with Crippen molar-refractivity contribution in [2.75, 3.05) is 38.2 Å². The Kier molecular flexibility index (Phi) is 9.31. The molecule has 2 aromatic carbocycles. The zero-order chi connectivity index (χ0) is 29.8. The van der Waals surface area contributed by atoms with Crippen LogP contribution in [0.1, 0.15) is 78.7 Å². The van der Waals surface area contributed by atoms with Crippen molar-refractivity contribution in [3.8, 4) is 5.75 Å². The largest absolute Gasteiger partial charge is 0.497 e. The summed E-state index contributed by atoms with van der Waals surface area (Å²) in [4.78, 5) is 34.6. The molecule has 42 heavy (non-hydrogen) atoms. The number of carbonyl (C=O) groups excluding carboxylic acids is 2. The summed E-state index contributed by atoms with van der Waals surface area (Å²) >= 11 is 0. The van der Waals surface area contributed by atoms with Gasteiger partial charge < -0.3 is 14.5 Å². The fourth-order valence-corrected chi connectivity index (χ4v) is 5.97. The van der Waals surface area contributed by atoms with Crippen molar-refractivity contribution in [3.63, 3.8) is 0 Å². The second-order valence-electron chi connectivity index (χ2n) is 11.9. The van der Waals surface area contributed by atoms with Gasteiger partial charge in [0.2, 0.25) is 5.91 Å². The first-order valence-electron chi connectivity index (χ1n) is 15.4. The average Bonchev–Trinajstić information content (AvgIpc) is 3.74. The molecule has 0 bridgehead atoms. The minimum atomic E-state index is 0.0307. The standard InChI is InChI=1S/C34H45N5O3/c1-6-38-23-30(32(35-38)27-13-14-27)34(41)37-20-19-36(24(2)3)17-8-18-39(33-25(4)9-7-10-28(33)22-37)31(40)21-26-11-15-29(42-5)16-12-26/h7,9-12,15-16,23-24,27H,6,8,13-14,17-22H2,1-5H3. The minimum absolute atomic E-state index is 0.0307. The summed E-state index contributed by atoms with van der Waals surface area (Å²) in [5.41, 5.74) is 5.59. The molecule has 0 spiro atoms. The van der Waals surface area contributed by atoms with Gasteiger partial charge in [0.25, 0.3) is 5.91 Å². The van der Waals surface area contributed by atoms with Crippen LogP contribution in [0.25, 0.3) is 0 Å². The Morgan fingerprint density at radius 3 is 2.45 bits per heavy atom. The molecule has 0 N–H and O–H groups in total. The van der Waals surface area contributed by atoms with E-state index in [4.69, 9.17) is 9.84 Å². The Morgan fingerprint density at radius 1 is 1.02 bits per heavy atom. The van der Waals surface area contributed by atoms with Gasteiger partial charge in [-0.1, -0.05) is 30.3 Å². The molecule has 0 radical (unpaired) electrons. The molecule has 1 saturated carbocycles. The van der Waals surface area contributed by atoms with Crippen LogP contribution in [0.5, 0.6) is 5.75 Å². The number of amides is 2. The SMILES string of the molecule is CCn1cc(C(=O)N2CCN(C(C)C)CCCN(C(=O)Cc3ccc(OC)cc3)c3c(C)cccc3C2)c(C2CC2)n1. The third kappa shape index (κ3) is 6.70. The highest BCUT2D eigenvalue weighted by Gasteiger charge is 2.34. The van der Waals surface area contributed by atoms with Crippen molar-refractivity contribution < 1.29 is 14.3 Å². The predicted molar refractivity (Wildman–Crippen MR) is 166 cm³/mol. The lowest BCUT2D eigenvalue weighted by molar-refractivity contribution is -0.118. The molecule has 5 rings (SSSR count). The van der Waals surface area contributed by atoms with Gasteiger partial charge in [-0.3, -0.25) is 19.2 Å². The van der Waals surface area contributed by atoms with Crippen molar-refractivity contribution in [2.24, 2.45) is 0 Å². The van der Waals surface area contributed by atoms with Gasteiger partial charge in [-0.25, -0.2) is 0 Å². The van der Waals surface area contributed by atoms with E-state index in [0.717, 1.165) is 78.3 Å². The number of hydrogen-bond acceptors (Lipinski definition) is 5. The number of benzene rings is 2. The molecule has 0 unspecified atom stereocenters. The lowest BCUT2D eigenvalue weighted by Gasteiger charge is -2.30. The maximum atomic E-state index is 14.3. The molecule has 224 valence electrons. The van der Waals surface area contributed by atoms with E-state index in [0.29, 0.717) is 38.0 Å². The zero-order valence-electron chi connectivity index (χ0n) is 25.8. The van der Waals surface area contributed by atoms with E-state index in [-0.39, 0.29) is 11.8 Å². The number of aryl methyl sites for hydroxylation is 2. The Bertz CT molecular complexity index is 1390. The topological polar surface area (TPSA) is 70.9 Å². The molecule has 1 fully saturated rings. The third-order valence-corrected chi connectivity index (χ3v) is 8.58. The Hall–Kier alpha value is -3.65. The summed E-state index contributed by atoms with van der Waals surface area (Å²) in [6.07, 6.45) is 5.27. The van der Waals surface area contributed by atoms with Crippen LogP contribution in [0.15, 0.2) is 48.7 Å². The zero-order valence-corrected chi connectivity index (χ0v) is 25.8. The van der Waals surface area contributed by atoms with Crippen LogP contribution in [0.3, 0.4) is 0 Å². The van der Waals surface area contributed by atoms with Crippen LogP contribution < -0.4 is 9.64 Å². The molecular weight excluding hydrogens is 526 g/mol. The number of anilines is 1. The molecule has 1 aliphatic carbocycles. The Morgan fingerprint density at radius 2 is 1.79 bits per heavy atom. The highest BCUT2D eigenvalue weighted by atomic mass is 16.5. The van der Waals surface area contributed by atoms with Crippen molar-refractivity contribution in [2.45, 2.75) is 78.4 Å². The summed E-state index contributed by atoms with van der Waals surface area (Å²) in [5, 5.41) is 4.78. The number of fused-ring (bicyclic) bond motifs is 1. The van der Waals surface area contributed by atoms with Crippen LogP contribution in [0.2, 0.25) is 0 Å². The molecule has 3 aromatic rings. The molecule has 0 atom stereocenters. The van der Waals surface area contributed by atoms with Crippen LogP contribution in [0, 0.1) is 6.92 Å². The molecule has 2 aliphatic rings. The van der Waals surface area contributed by atoms with Crippen molar-refractivity contribution in [3.05, 3.63) is 76.6 Å². The lowest BCUT2D eigenvalue weighted by atomic mass is 10.0. The van der Waals surface area contributed by atoms with E-state index in [9.17, 15) is 9.59 Å². The summed E-state index contributed by atoms with van der Waals surface area (Å²) in [5.74, 6) is 1.25. The number of nitrogens with zero attached hydrogens (tertiary/aromatic N) is 5. The first-order chi connectivity index (χ1) is 20.3. The second kappa shape index (κ2) is 13.1. The molecular formula is C34H45N5O3. The number of para-hydroxylation sites is 1. The lowest BCUT2D eigenvalue weighted by Crippen LogP contribution is -2.41. The van der Waals surface area contributed by atoms with Gasteiger partial charge in [-0.2, -0.15) is 5.10 Å². The average molecular weight is 572 g/mol. The second-order valence-corrected chi connectivity index (χ2v) is 11.9. The van der Waals surface area contributed by atoms with Gasteiger partial charge >= 0.3 is 0 Å². The molecule has 0 saturated heterocycles. The maximum absolute atomic E-state index is 14.3. The predicted octanol–water partition coefficient (Wildman–Crippen LogP) is 5.43. The van der Waals surface area contributed by atoms with Gasteiger partial charge in [0.05, 0.1) is 30.5 Å². The fraction of sp³-hybridized carbons (Fsp3) is 0.500. The summed E-state index contributed by atoms with van der Waals surface area (Å²) < 4.78 is 7.20.